The molecule has 0 bridgehead atoms. The van der Waals surface area contributed by atoms with Crippen molar-refractivity contribution in [3.05, 3.63) is 84.9 Å². The maximum atomic E-state index is 3.42. The van der Waals surface area contributed by atoms with Crippen molar-refractivity contribution in [2.75, 3.05) is 0 Å². The molecule has 5 rings (SSSR count). The van der Waals surface area contributed by atoms with Crippen LogP contribution in [0.2, 0.25) is 5.54 Å². The Hall–Kier alpha value is -0.660. The molecule has 0 unspecified atom stereocenters. The molecule has 0 amide bonds. The van der Waals surface area contributed by atoms with Crippen molar-refractivity contribution in [3.63, 3.8) is 0 Å². The summed E-state index contributed by atoms with van der Waals surface area (Å²) in [5.74, 6) is 0. The van der Waals surface area contributed by atoms with E-state index in [0.29, 0.717) is 0 Å². The Morgan fingerprint density at radius 3 is 1.36 bits per heavy atom. The molecule has 1 saturated carbocycles. The van der Waals surface area contributed by atoms with Gasteiger partial charge in [-0.05, 0) is 0 Å². The Kier molecular flexibility index (Phi) is 12.3. The molecule has 0 heterocycles. The molecule has 3 radical (unpaired) electrons. The van der Waals surface area contributed by atoms with Gasteiger partial charge < -0.3 is 24.8 Å². The monoisotopic (exact) mass is 459 g/mol. The topological polar surface area (TPSA) is 0 Å². The first-order chi connectivity index (χ1) is 10.8. The Morgan fingerprint density at radius 2 is 1.04 bits per heavy atom. The third kappa shape index (κ3) is 8.05. The van der Waals surface area contributed by atoms with Crippen LogP contribution >= 0.6 is 0 Å². The molecule has 4 aromatic carbocycles. The first kappa shape index (κ1) is 24.3. The minimum absolute atomic E-state index is 0. The van der Waals surface area contributed by atoms with Crippen molar-refractivity contribution < 1.29 is 51.0 Å². The van der Waals surface area contributed by atoms with Gasteiger partial charge in [0.05, 0.1) is 0 Å². The van der Waals surface area contributed by atoms with Crippen LogP contribution in [0.15, 0.2) is 84.9 Å². The molecule has 4 heteroatoms. The zero-order chi connectivity index (χ0) is 15.2. The average molecular weight is 462 g/mol. The van der Waals surface area contributed by atoms with E-state index in [1.54, 1.807) is 0 Å². The minimum Gasteiger partial charge on any atom is -1.00 e. The third-order valence-electron chi connectivity index (χ3n) is 3.67. The number of hydrogen-bond donors (Lipinski definition) is 0. The van der Waals surface area contributed by atoms with Crippen LogP contribution in [0.25, 0.3) is 21.5 Å². The van der Waals surface area contributed by atoms with Gasteiger partial charge in [-0.15, -0.1) is 59.3 Å². The van der Waals surface area contributed by atoms with Gasteiger partial charge in [0, 0.05) is 10.2 Å². The fourth-order valence-electron chi connectivity index (χ4n) is 2.22. The predicted octanol–water partition coefficient (Wildman–Crippen LogP) is -0.140. The maximum Gasteiger partial charge on any atom is 4.00 e. The summed E-state index contributed by atoms with van der Waals surface area (Å²) in [4.78, 5) is 0. The molecular formula is C21H19Cl2SiZr. The Morgan fingerprint density at radius 1 is 0.680 bits per heavy atom. The van der Waals surface area contributed by atoms with Crippen molar-refractivity contribution in [1.82, 2.24) is 0 Å². The Bertz CT molecular complexity index is 707. The summed E-state index contributed by atoms with van der Waals surface area (Å²) in [6, 6.07) is 29.3. The molecule has 0 saturated heterocycles. The van der Waals surface area contributed by atoms with E-state index in [1.165, 1.54) is 34.4 Å². The number of benzene rings is 2. The number of hydrogen-bond acceptors (Lipinski definition) is 0. The van der Waals surface area contributed by atoms with E-state index < -0.39 is 0 Å². The van der Waals surface area contributed by atoms with E-state index in [1.807, 2.05) is 0 Å². The first-order valence-corrected chi connectivity index (χ1v) is 8.33. The van der Waals surface area contributed by atoms with Crippen molar-refractivity contribution >= 4 is 31.8 Å². The molecule has 0 atom stereocenters. The number of rotatable bonds is 0. The number of halogens is 2. The smallest absolute Gasteiger partial charge is 1.00 e. The van der Waals surface area contributed by atoms with Crippen molar-refractivity contribution in [2.24, 2.45) is 0 Å². The van der Waals surface area contributed by atoms with E-state index in [2.05, 4.69) is 95.2 Å². The Balaban J connectivity index is 0.000000346. The van der Waals surface area contributed by atoms with Crippen LogP contribution in [0.1, 0.15) is 12.8 Å². The van der Waals surface area contributed by atoms with E-state index >= 15 is 0 Å². The van der Waals surface area contributed by atoms with Gasteiger partial charge in [-0.25, -0.2) is 0 Å². The predicted molar refractivity (Wildman–Crippen MR) is 97.8 cm³/mol. The SMILES string of the molecule is [Cl-].[Cl-].[Si]C1CC1.[Zr+4].c1ccc2[cH-]ccc2c1.c1ccc2[cH-]ccc2c1. The van der Waals surface area contributed by atoms with Crippen LogP contribution < -0.4 is 24.8 Å². The van der Waals surface area contributed by atoms with E-state index in [4.69, 9.17) is 0 Å². The summed E-state index contributed by atoms with van der Waals surface area (Å²) in [5, 5.41) is 5.32. The molecule has 0 spiro atoms. The second kappa shape index (κ2) is 12.7. The molecule has 0 nitrogen and oxygen atoms in total. The molecule has 0 N–H and O–H groups in total. The van der Waals surface area contributed by atoms with Gasteiger partial charge in [0.25, 0.3) is 0 Å². The van der Waals surface area contributed by atoms with Crippen molar-refractivity contribution in [2.45, 2.75) is 18.4 Å². The Labute approximate surface area is 185 Å². The molecule has 4 aromatic rings. The molecule has 125 valence electrons. The zero-order valence-electron chi connectivity index (χ0n) is 13.8. The quantitative estimate of drug-likeness (QED) is 0.253. The molecule has 0 aliphatic heterocycles. The van der Waals surface area contributed by atoms with Crippen LogP contribution in [-0.2, 0) is 26.2 Å². The molecule has 0 aromatic heterocycles. The molecule has 25 heavy (non-hydrogen) atoms. The van der Waals surface area contributed by atoms with Gasteiger partial charge >= 0.3 is 26.2 Å². The van der Waals surface area contributed by atoms with Crippen molar-refractivity contribution in [3.8, 4) is 0 Å². The summed E-state index contributed by atoms with van der Waals surface area (Å²) < 4.78 is 0. The largest absolute Gasteiger partial charge is 4.00 e. The fourth-order valence-corrected chi connectivity index (χ4v) is 2.39. The number of fused-ring (bicyclic) bond motifs is 2. The van der Waals surface area contributed by atoms with Crippen LogP contribution in [0, 0.1) is 0 Å². The van der Waals surface area contributed by atoms with Crippen molar-refractivity contribution in [1.29, 1.82) is 0 Å². The second-order valence-electron chi connectivity index (χ2n) is 5.58. The third-order valence-corrected chi connectivity index (χ3v) is 4.25. The summed E-state index contributed by atoms with van der Waals surface area (Å²) in [6.45, 7) is 0. The first-order valence-electron chi connectivity index (χ1n) is 7.75. The minimum atomic E-state index is 0. The summed E-state index contributed by atoms with van der Waals surface area (Å²) in [7, 11) is 3.42. The van der Waals surface area contributed by atoms with Gasteiger partial charge in [0.2, 0.25) is 0 Å². The van der Waals surface area contributed by atoms with Gasteiger partial charge in [0.15, 0.2) is 0 Å². The van der Waals surface area contributed by atoms with Crippen LogP contribution in [0.3, 0.4) is 0 Å². The average Bonchev–Trinajstić information content (AvgIpc) is 3.07. The molecular weight excluding hydrogens is 442 g/mol. The zero-order valence-corrected chi connectivity index (χ0v) is 18.8. The van der Waals surface area contributed by atoms with Crippen LogP contribution in [-0.4, -0.2) is 10.2 Å². The maximum absolute atomic E-state index is 3.42. The molecule has 1 aliphatic carbocycles. The van der Waals surface area contributed by atoms with Gasteiger partial charge in [-0.3, -0.25) is 0 Å². The fraction of sp³-hybridized carbons (Fsp3) is 0.143. The second-order valence-corrected chi connectivity index (χ2v) is 6.40. The normalized spacial score (nSPS) is 11.6. The van der Waals surface area contributed by atoms with E-state index in [-0.39, 0.29) is 51.0 Å². The van der Waals surface area contributed by atoms with Gasteiger partial charge in [-0.2, -0.15) is 35.0 Å². The summed E-state index contributed by atoms with van der Waals surface area (Å²) in [6.07, 6.45) is 2.80. The van der Waals surface area contributed by atoms with E-state index in [9.17, 15) is 0 Å². The van der Waals surface area contributed by atoms with Crippen LogP contribution in [0.4, 0.5) is 0 Å². The van der Waals surface area contributed by atoms with Gasteiger partial charge in [0.1, 0.15) is 0 Å². The summed E-state index contributed by atoms with van der Waals surface area (Å²) in [5.41, 5.74) is 0.889. The molecule has 1 aliphatic rings. The molecule has 1 fully saturated rings. The standard InChI is InChI=1S/2C9H7.C3H5Si.2ClH.Zr/c2*1-2-5-9-7-3-6-8(9)4-1;4-3-1-2-3;;;/h2*1-7H;3H,1-2H2;2*1H;/q2*-1;;;;+4/p-2. The van der Waals surface area contributed by atoms with Crippen LogP contribution in [0.5, 0.6) is 0 Å². The summed E-state index contributed by atoms with van der Waals surface area (Å²) >= 11 is 0. The van der Waals surface area contributed by atoms with E-state index in [0.717, 1.165) is 5.54 Å². The van der Waals surface area contributed by atoms with Gasteiger partial charge in [-0.1, -0.05) is 30.5 Å².